The quantitative estimate of drug-likeness (QED) is 0.149. The van der Waals surface area contributed by atoms with E-state index >= 15 is 0 Å². The zero-order chi connectivity index (χ0) is 42.1. The third-order valence-electron chi connectivity index (χ3n) is 8.14. The van der Waals surface area contributed by atoms with E-state index in [1.165, 1.54) is 4.90 Å². The van der Waals surface area contributed by atoms with Crippen molar-refractivity contribution in [3.63, 3.8) is 0 Å². The van der Waals surface area contributed by atoms with Crippen LogP contribution in [0.1, 0.15) is 62.5 Å². The van der Waals surface area contributed by atoms with Crippen molar-refractivity contribution in [1.82, 2.24) is 20.3 Å². The number of aryl methyl sites for hydroxylation is 2. The lowest BCUT2D eigenvalue weighted by Crippen LogP contribution is -2.56. The van der Waals surface area contributed by atoms with Crippen LogP contribution >= 0.6 is 0 Å². The van der Waals surface area contributed by atoms with Crippen molar-refractivity contribution in [3.05, 3.63) is 58.9 Å². The number of pyridine rings is 1. The van der Waals surface area contributed by atoms with Crippen LogP contribution in [0.4, 0.5) is 31.1 Å². The summed E-state index contributed by atoms with van der Waals surface area (Å²) in [6.07, 6.45) is -9.31. The number of carbonyl (C=O) groups excluding carboxylic acids is 3. The van der Waals surface area contributed by atoms with E-state index in [4.69, 9.17) is 35.0 Å². The van der Waals surface area contributed by atoms with Crippen LogP contribution in [0.25, 0.3) is 0 Å². The van der Waals surface area contributed by atoms with E-state index in [9.17, 15) is 45.9 Å². The fourth-order valence-electron chi connectivity index (χ4n) is 5.71. The summed E-state index contributed by atoms with van der Waals surface area (Å²) in [5.74, 6) is -6.18. The summed E-state index contributed by atoms with van der Waals surface area (Å²) >= 11 is 0. The first-order valence-electron chi connectivity index (χ1n) is 16.5. The molecule has 4 rings (SSSR count). The van der Waals surface area contributed by atoms with Crippen LogP contribution < -0.4 is 16.0 Å². The number of hydrogen-bond donors (Lipinski definition) is 5. The van der Waals surface area contributed by atoms with Crippen molar-refractivity contribution >= 4 is 29.8 Å². The predicted octanol–water partition coefficient (Wildman–Crippen LogP) is 4.45. The van der Waals surface area contributed by atoms with E-state index in [-0.39, 0.29) is 18.4 Å². The number of amides is 3. The van der Waals surface area contributed by atoms with E-state index < -0.39 is 53.5 Å². The number of alkyl halides is 6. The zero-order valence-corrected chi connectivity index (χ0v) is 30.5. The molecule has 2 saturated heterocycles. The van der Waals surface area contributed by atoms with Gasteiger partial charge in [-0.15, -0.1) is 0 Å². The minimum atomic E-state index is -5.08. The first-order valence-corrected chi connectivity index (χ1v) is 16.5. The van der Waals surface area contributed by atoms with Crippen LogP contribution in [0.15, 0.2) is 36.4 Å². The molecule has 306 valence electrons. The van der Waals surface area contributed by atoms with Gasteiger partial charge in [-0.25, -0.2) is 19.9 Å². The maximum atomic E-state index is 13.7. The molecule has 0 saturated carbocycles. The average molecular weight is 796 g/mol. The topological polar surface area (TPSA) is 222 Å². The number of halogens is 6. The van der Waals surface area contributed by atoms with Crippen LogP contribution in [-0.4, -0.2) is 104 Å². The molecule has 21 heteroatoms. The fourth-order valence-corrected chi connectivity index (χ4v) is 5.71. The Morgan fingerprint density at radius 2 is 1.40 bits per heavy atom. The zero-order valence-electron chi connectivity index (χ0n) is 30.5. The molecular formula is C34H43F6N5O10. The lowest BCUT2D eigenvalue weighted by atomic mass is 9.87. The van der Waals surface area contributed by atoms with Crippen LogP contribution in [0.3, 0.4) is 0 Å². The van der Waals surface area contributed by atoms with E-state index in [2.05, 4.69) is 4.98 Å². The number of nitrogens with two attached hydrogens (primary N) is 1. The molecule has 55 heavy (non-hydrogen) atoms. The van der Waals surface area contributed by atoms with Crippen LogP contribution in [0.5, 0.6) is 5.75 Å². The average Bonchev–Trinajstić information content (AvgIpc) is 3.36. The lowest BCUT2D eigenvalue weighted by Gasteiger charge is -2.39. The van der Waals surface area contributed by atoms with Crippen molar-refractivity contribution in [2.24, 2.45) is 11.7 Å². The monoisotopic (exact) mass is 795 g/mol. The Kier molecular flexibility index (Phi) is 15.4. The van der Waals surface area contributed by atoms with Crippen molar-refractivity contribution in [3.8, 4) is 5.75 Å². The predicted molar refractivity (Wildman–Crippen MR) is 178 cm³/mol. The lowest BCUT2D eigenvalue weighted by molar-refractivity contribution is -0.193. The van der Waals surface area contributed by atoms with Gasteiger partial charge < -0.3 is 35.2 Å². The Bertz CT molecular complexity index is 1630. The number of nitrogens with zero attached hydrogens (tertiary/aromatic N) is 3. The molecule has 6 N–H and O–H groups in total. The smallest absolute Gasteiger partial charge is 0.489 e. The molecule has 0 spiro atoms. The van der Waals surface area contributed by atoms with Crippen molar-refractivity contribution in [1.29, 1.82) is 0 Å². The van der Waals surface area contributed by atoms with E-state index in [1.54, 1.807) is 34.6 Å². The molecule has 3 amide bonds. The molecule has 2 aromatic rings. The maximum Gasteiger partial charge on any atom is 0.490 e. The number of benzene rings is 1. The number of carboxylic acid groups (broad SMARTS) is 2. The SMILES string of the molecule is Cc1cc(COc2ccc(C3(N)CCN([C@@H](C(=O)NO)C4CCN(C(=O)OC(C)(C)C)CC4)C3=O)cc2)cc(C)n1.O=C(O)C(F)(F)F.O=C(O)C(F)(F)F. The minimum Gasteiger partial charge on any atom is -0.489 e. The summed E-state index contributed by atoms with van der Waals surface area (Å²) in [6.45, 7) is 10.7. The number of piperidine rings is 1. The fraction of sp³-hybridized carbons (Fsp3) is 0.529. The number of ether oxygens (including phenoxy) is 2. The molecule has 2 aliphatic rings. The Morgan fingerprint density at radius 1 is 0.927 bits per heavy atom. The number of hydroxylamine groups is 1. The van der Waals surface area contributed by atoms with E-state index in [0.29, 0.717) is 50.3 Å². The van der Waals surface area contributed by atoms with Crippen molar-refractivity contribution < 1.29 is 75.2 Å². The number of aliphatic carboxylic acids is 2. The molecule has 1 aromatic heterocycles. The molecule has 0 bridgehead atoms. The molecule has 1 aromatic carbocycles. The molecule has 15 nitrogen and oxygen atoms in total. The second-order valence-electron chi connectivity index (χ2n) is 13.6. The largest absolute Gasteiger partial charge is 0.490 e. The van der Waals surface area contributed by atoms with E-state index in [0.717, 1.165) is 17.0 Å². The molecule has 0 aliphatic carbocycles. The van der Waals surface area contributed by atoms with Crippen LogP contribution in [0, 0.1) is 19.8 Å². The van der Waals surface area contributed by atoms with Gasteiger partial charge in [0.25, 0.3) is 5.91 Å². The Morgan fingerprint density at radius 3 is 1.82 bits per heavy atom. The normalized spacial score (nSPS) is 18.2. The number of nitrogens with one attached hydrogen (secondary N) is 1. The second-order valence-corrected chi connectivity index (χ2v) is 13.6. The molecule has 3 heterocycles. The standard InChI is InChI=1S/C30H41N5O6.2C2HF3O2/c1-19-16-21(17-20(2)32-19)18-40-24-8-6-23(7-9-24)30(31)12-15-35(27(30)37)25(26(36)33-39)22-10-13-34(14-11-22)28(38)41-29(3,4)5;2*3-2(4,5)1(6)7/h6-9,16-17,22,25,39H,10-15,18,31H2,1-5H3,(H,33,36);2*(H,6,7)/t25-,30?;;/m1../s1. The highest BCUT2D eigenvalue weighted by Gasteiger charge is 2.50. The summed E-state index contributed by atoms with van der Waals surface area (Å²) < 4.78 is 74.9. The third kappa shape index (κ3) is 13.6. The molecule has 2 fully saturated rings. The van der Waals surface area contributed by atoms with Crippen molar-refractivity contribution in [2.45, 2.75) is 90.0 Å². The van der Waals surface area contributed by atoms with Crippen molar-refractivity contribution in [2.75, 3.05) is 19.6 Å². The number of hydrogen-bond acceptors (Lipinski definition) is 10. The van der Waals surface area contributed by atoms with Gasteiger partial charge in [-0.2, -0.15) is 26.3 Å². The highest BCUT2D eigenvalue weighted by Crippen LogP contribution is 2.36. The summed E-state index contributed by atoms with van der Waals surface area (Å²) in [5, 5.41) is 23.8. The van der Waals surface area contributed by atoms with Gasteiger partial charge in [0.2, 0.25) is 5.91 Å². The Labute approximate surface area is 311 Å². The number of aromatic nitrogens is 1. The second kappa shape index (κ2) is 18.4. The number of rotatable bonds is 7. The minimum absolute atomic E-state index is 0.261. The highest BCUT2D eigenvalue weighted by molar-refractivity contribution is 5.94. The third-order valence-corrected chi connectivity index (χ3v) is 8.14. The molecule has 1 unspecified atom stereocenters. The first-order chi connectivity index (χ1) is 25.2. The molecular weight excluding hydrogens is 752 g/mol. The molecule has 2 aliphatic heterocycles. The van der Waals surface area contributed by atoms with Gasteiger partial charge in [-0.1, -0.05) is 12.1 Å². The summed E-state index contributed by atoms with van der Waals surface area (Å²) in [7, 11) is 0. The van der Waals surface area contributed by atoms with Gasteiger partial charge in [0.1, 0.15) is 29.5 Å². The van der Waals surface area contributed by atoms with Gasteiger partial charge in [0.05, 0.1) is 0 Å². The highest BCUT2D eigenvalue weighted by atomic mass is 19.4. The molecule has 0 radical (unpaired) electrons. The summed E-state index contributed by atoms with van der Waals surface area (Å²) in [5.41, 5.74) is 9.99. The Balaban J connectivity index is 0.000000633. The van der Waals surface area contributed by atoms with Crippen LogP contribution in [-0.2, 0) is 36.1 Å². The Hall–Kier alpha value is -5.18. The van der Waals surface area contributed by atoms with Gasteiger partial charge in [0, 0.05) is 31.0 Å². The van der Waals surface area contributed by atoms with Gasteiger partial charge in [-0.3, -0.25) is 19.8 Å². The maximum absolute atomic E-state index is 13.7. The van der Waals surface area contributed by atoms with E-state index in [1.807, 2.05) is 46.8 Å². The molecule has 2 atom stereocenters. The summed E-state index contributed by atoms with van der Waals surface area (Å²) in [6, 6.07) is 10.2. The first kappa shape index (κ1) is 46.0. The van der Waals surface area contributed by atoms with Gasteiger partial charge >= 0.3 is 30.4 Å². The number of carbonyl (C=O) groups is 5. The summed E-state index contributed by atoms with van der Waals surface area (Å²) in [4.78, 5) is 64.3. The van der Waals surface area contributed by atoms with Gasteiger partial charge in [-0.05, 0) is 95.2 Å². The number of carboxylic acids is 2. The van der Waals surface area contributed by atoms with Gasteiger partial charge in [0.15, 0.2) is 0 Å². The van der Waals surface area contributed by atoms with Crippen LogP contribution in [0.2, 0.25) is 0 Å². The number of likely N-dealkylation sites (tertiary alicyclic amines) is 2.